The summed E-state index contributed by atoms with van der Waals surface area (Å²) < 4.78 is 25.0. The molecule has 0 radical (unpaired) electrons. The third-order valence-electron chi connectivity index (χ3n) is 3.19. The topological polar surface area (TPSA) is 38.7 Å². The minimum atomic E-state index is -1.06. The molecule has 6 heteroatoms. The highest BCUT2D eigenvalue weighted by Crippen LogP contribution is 2.41. The molecule has 0 bridgehead atoms. The van der Waals surface area contributed by atoms with E-state index in [4.69, 9.17) is 21.1 Å². The van der Waals surface area contributed by atoms with Crippen molar-refractivity contribution in [2.75, 3.05) is 13.2 Å². The van der Waals surface area contributed by atoms with Gasteiger partial charge in [0, 0.05) is 10.6 Å². The maximum atomic E-state index is 13.4. The number of hydrogen-bond acceptors (Lipinski definition) is 3. The fourth-order valence-electron chi connectivity index (χ4n) is 2.19. The lowest BCUT2D eigenvalue weighted by Gasteiger charge is -2.22. The second-order valence-electron chi connectivity index (χ2n) is 4.60. The Morgan fingerprint density at radius 1 is 1.19 bits per heavy atom. The van der Waals surface area contributed by atoms with E-state index in [0.29, 0.717) is 45.3 Å². The maximum absolute atomic E-state index is 13.4. The molecule has 1 unspecified atom stereocenters. The van der Waals surface area contributed by atoms with Crippen molar-refractivity contribution in [3.8, 4) is 11.5 Å². The number of hydrogen-bond donors (Lipinski definition) is 1. The van der Waals surface area contributed by atoms with Crippen LogP contribution in [-0.4, -0.2) is 18.3 Å². The molecule has 0 aromatic heterocycles. The van der Waals surface area contributed by atoms with Crippen LogP contribution in [0.2, 0.25) is 5.02 Å². The van der Waals surface area contributed by atoms with Crippen molar-refractivity contribution >= 4 is 27.5 Å². The fraction of sp³-hybridized carbons (Fsp3) is 0.200. The Morgan fingerprint density at radius 3 is 2.76 bits per heavy atom. The lowest BCUT2D eigenvalue weighted by Crippen LogP contribution is -2.16. The lowest BCUT2D eigenvalue weighted by atomic mass is 10.0. The van der Waals surface area contributed by atoms with E-state index in [1.165, 1.54) is 18.2 Å². The second kappa shape index (κ2) is 5.83. The Bertz CT molecular complexity index is 693. The van der Waals surface area contributed by atoms with Crippen molar-refractivity contribution in [3.63, 3.8) is 0 Å². The molecule has 0 saturated carbocycles. The summed E-state index contributed by atoms with van der Waals surface area (Å²) in [6, 6.07) is 7.27. The van der Waals surface area contributed by atoms with Gasteiger partial charge in [-0.15, -0.1) is 0 Å². The number of rotatable bonds is 2. The van der Waals surface area contributed by atoms with E-state index in [9.17, 15) is 9.50 Å². The van der Waals surface area contributed by atoms with Gasteiger partial charge in [0.1, 0.15) is 25.1 Å². The highest BCUT2D eigenvalue weighted by molar-refractivity contribution is 9.10. The smallest absolute Gasteiger partial charge is 0.175 e. The molecule has 1 aliphatic rings. The predicted molar refractivity (Wildman–Crippen MR) is 80.6 cm³/mol. The van der Waals surface area contributed by atoms with E-state index in [-0.39, 0.29) is 0 Å². The van der Waals surface area contributed by atoms with E-state index in [0.717, 1.165) is 0 Å². The zero-order valence-corrected chi connectivity index (χ0v) is 13.1. The van der Waals surface area contributed by atoms with Crippen molar-refractivity contribution in [2.45, 2.75) is 6.10 Å². The van der Waals surface area contributed by atoms with E-state index in [1.807, 2.05) is 0 Å². The first-order valence-electron chi connectivity index (χ1n) is 6.28. The number of aliphatic hydroxyl groups excluding tert-OH is 1. The summed E-state index contributed by atoms with van der Waals surface area (Å²) in [4.78, 5) is 0. The largest absolute Gasteiger partial charge is 0.486 e. The first kappa shape index (κ1) is 14.6. The van der Waals surface area contributed by atoms with Crippen LogP contribution in [0.3, 0.4) is 0 Å². The zero-order chi connectivity index (χ0) is 15.0. The molecule has 1 atom stereocenters. The molecular formula is C15H11BrClFO3. The summed E-state index contributed by atoms with van der Waals surface area (Å²) in [5.74, 6) is 0.685. The molecular weight excluding hydrogens is 363 g/mol. The Labute approximate surface area is 134 Å². The third kappa shape index (κ3) is 2.86. The number of halogens is 3. The number of ether oxygens (including phenoxy) is 2. The van der Waals surface area contributed by atoms with E-state index in [1.54, 1.807) is 12.1 Å². The van der Waals surface area contributed by atoms with E-state index < -0.39 is 11.9 Å². The second-order valence-corrected chi connectivity index (χ2v) is 5.86. The van der Waals surface area contributed by atoms with Gasteiger partial charge in [0.25, 0.3) is 0 Å². The van der Waals surface area contributed by atoms with Gasteiger partial charge in [-0.05, 0) is 51.8 Å². The Kier molecular flexibility index (Phi) is 4.06. The van der Waals surface area contributed by atoms with Crippen LogP contribution in [-0.2, 0) is 0 Å². The van der Waals surface area contributed by atoms with Crippen molar-refractivity contribution in [3.05, 3.63) is 56.8 Å². The summed E-state index contributed by atoms with van der Waals surface area (Å²) in [6.07, 6.45) is -1.06. The van der Waals surface area contributed by atoms with Gasteiger partial charge in [-0.25, -0.2) is 4.39 Å². The Balaban J connectivity index is 2.03. The number of aliphatic hydroxyl groups is 1. The van der Waals surface area contributed by atoms with Crippen LogP contribution in [0.15, 0.2) is 34.8 Å². The zero-order valence-electron chi connectivity index (χ0n) is 10.8. The van der Waals surface area contributed by atoms with Crippen LogP contribution in [0, 0.1) is 5.82 Å². The summed E-state index contributed by atoms with van der Waals surface area (Å²) in [5.41, 5.74) is 0.846. The molecule has 21 heavy (non-hydrogen) atoms. The molecule has 0 fully saturated rings. The third-order valence-corrected chi connectivity index (χ3v) is 4.12. The van der Waals surface area contributed by atoms with Crippen molar-refractivity contribution < 1.29 is 19.0 Å². The van der Waals surface area contributed by atoms with Crippen molar-refractivity contribution in [2.24, 2.45) is 0 Å². The van der Waals surface area contributed by atoms with E-state index in [2.05, 4.69) is 15.9 Å². The van der Waals surface area contributed by atoms with Gasteiger partial charge in [0.05, 0.1) is 4.47 Å². The quantitative estimate of drug-likeness (QED) is 0.861. The van der Waals surface area contributed by atoms with Crippen molar-refractivity contribution in [1.29, 1.82) is 0 Å². The minimum absolute atomic E-state index is 0.301. The summed E-state index contributed by atoms with van der Waals surface area (Å²) in [7, 11) is 0. The predicted octanol–water partition coefficient (Wildman–Crippen LogP) is 4.09. The highest BCUT2D eigenvalue weighted by Gasteiger charge is 2.21. The molecule has 0 spiro atoms. The van der Waals surface area contributed by atoms with Crippen LogP contribution >= 0.6 is 27.5 Å². The summed E-state index contributed by atoms with van der Waals surface area (Å²) >= 11 is 9.41. The molecule has 1 aliphatic heterocycles. The molecule has 110 valence electrons. The van der Waals surface area contributed by atoms with Crippen LogP contribution in [0.5, 0.6) is 11.5 Å². The molecule has 0 aliphatic carbocycles. The SMILES string of the molecule is OC(c1cc(Br)c2c(c1)OCCO2)c1cc(F)ccc1Cl. The molecule has 1 heterocycles. The number of benzene rings is 2. The molecule has 3 nitrogen and oxygen atoms in total. The van der Waals surface area contributed by atoms with Crippen LogP contribution < -0.4 is 9.47 Å². The maximum Gasteiger partial charge on any atom is 0.175 e. The summed E-state index contributed by atoms with van der Waals surface area (Å²) in [6.45, 7) is 0.920. The van der Waals surface area contributed by atoms with Crippen LogP contribution in [0.1, 0.15) is 17.2 Å². The molecule has 0 amide bonds. The first-order valence-corrected chi connectivity index (χ1v) is 7.45. The van der Waals surface area contributed by atoms with Gasteiger partial charge in [-0.2, -0.15) is 0 Å². The monoisotopic (exact) mass is 372 g/mol. The molecule has 2 aromatic rings. The average Bonchev–Trinajstić information content (AvgIpc) is 2.49. The molecule has 2 aromatic carbocycles. The summed E-state index contributed by atoms with van der Waals surface area (Å²) in [5, 5.41) is 10.8. The minimum Gasteiger partial charge on any atom is -0.486 e. The van der Waals surface area contributed by atoms with Gasteiger partial charge >= 0.3 is 0 Å². The normalized spacial score (nSPS) is 14.9. The molecule has 3 rings (SSSR count). The van der Waals surface area contributed by atoms with Crippen LogP contribution in [0.25, 0.3) is 0 Å². The standard InChI is InChI=1S/C15H11BrClFO3/c16-11-5-8(6-13-15(11)21-4-3-20-13)14(19)10-7-9(18)1-2-12(10)17/h1-2,5-7,14,19H,3-4H2. The molecule has 1 N–H and O–H groups in total. The Morgan fingerprint density at radius 2 is 1.95 bits per heavy atom. The van der Waals surface area contributed by atoms with Gasteiger partial charge in [-0.1, -0.05) is 11.6 Å². The van der Waals surface area contributed by atoms with E-state index >= 15 is 0 Å². The molecule has 0 saturated heterocycles. The van der Waals surface area contributed by atoms with Crippen LogP contribution in [0.4, 0.5) is 4.39 Å². The lowest BCUT2D eigenvalue weighted by molar-refractivity contribution is 0.168. The van der Waals surface area contributed by atoms with Gasteiger partial charge < -0.3 is 14.6 Å². The van der Waals surface area contributed by atoms with Crippen molar-refractivity contribution in [1.82, 2.24) is 0 Å². The highest BCUT2D eigenvalue weighted by atomic mass is 79.9. The number of fused-ring (bicyclic) bond motifs is 1. The Hall–Kier alpha value is -1.30. The average molecular weight is 374 g/mol. The fourth-order valence-corrected chi connectivity index (χ4v) is 2.99. The van der Waals surface area contributed by atoms with Gasteiger partial charge in [-0.3, -0.25) is 0 Å². The first-order chi connectivity index (χ1) is 10.1. The van der Waals surface area contributed by atoms with Gasteiger partial charge in [0.15, 0.2) is 11.5 Å². The van der Waals surface area contributed by atoms with Gasteiger partial charge in [0.2, 0.25) is 0 Å².